The molecule has 7 nitrogen and oxygen atoms in total. The normalized spacial score (nSPS) is 15.3. The van der Waals surface area contributed by atoms with E-state index in [1.807, 2.05) is 17.5 Å². The number of rotatable bonds is 5. The van der Waals surface area contributed by atoms with Crippen LogP contribution in [0.4, 0.5) is 5.69 Å². The van der Waals surface area contributed by atoms with Crippen LogP contribution >= 0.6 is 11.3 Å². The molecule has 1 aliphatic rings. The molecule has 2 aromatic rings. The van der Waals surface area contributed by atoms with Crippen molar-refractivity contribution in [2.24, 2.45) is 5.41 Å². The third kappa shape index (κ3) is 3.13. The van der Waals surface area contributed by atoms with Crippen molar-refractivity contribution in [3.8, 4) is 0 Å². The molecule has 0 radical (unpaired) electrons. The summed E-state index contributed by atoms with van der Waals surface area (Å²) in [5, 5.41) is 16.4. The van der Waals surface area contributed by atoms with Crippen molar-refractivity contribution < 1.29 is 14.5 Å². The highest BCUT2D eigenvalue weighted by Gasteiger charge is 2.41. The topological polar surface area (TPSA) is 92.6 Å². The minimum atomic E-state index is -0.636. The van der Waals surface area contributed by atoms with E-state index in [0.717, 1.165) is 9.78 Å². The van der Waals surface area contributed by atoms with E-state index < -0.39 is 16.7 Å². The maximum absolute atomic E-state index is 12.6. The molecule has 0 unspecified atom stereocenters. The monoisotopic (exact) mass is 373 g/mol. The summed E-state index contributed by atoms with van der Waals surface area (Å²) < 4.78 is 0. The van der Waals surface area contributed by atoms with Gasteiger partial charge in [0.05, 0.1) is 17.2 Å². The van der Waals surface area contributed by atoms with E-state index in [1.165, 1.54) is 18.2 Å². The van der Waals surface area contributed by atoms with E-state index in [9.17, 15) is 19.7 Å². The number of thiophene rings is 1. The standard InChI is InChI=1S/C18H19N3O4S/c1-18(2,3)15(13-8-5-9-26-13)19-10-20-16(22)11-6-4-7-12(21(24)25)14(11)17(20)23/h4-9,15,19H,10H2,1-3H3/t15-/m1/s1. The zero-order chi connectivity index (χ0) is 19.1. The predicted molar refractivity (Wildman–Crippen MR) is 98.1 cm³/mol. The molecule has 0 saturated carbocycles. The maximum atomic E-state index is 12.6. The summed E-state index contributed by atoms with van der Waals surface area (Å²) in [7, 11) is 0. The third-order valence-electron chi connectivity index (χ3n) is 4.32. The highest BCUT2D eigenvalue weighted by Crippen LogP contribution is 2.36. The Morgan fingerprint density at radius 2 is 1.92 bits per heavy atom. The number of nitrogens with one attached hydrogen (secondary N) is 1. The first-order valence-corrected chi connectivity index (χ1v) is 9.00. The Morgan fingerprint density at radius 1 is 1.19 bits per heavy atom. The zero-order valence-electron chi connectivity index (χ0n) is 14.7. The molecule has 0 spiro atoms. The minimum absolute atomic E-state index is 0.0106. The average Bonchev–Trinajstić information content (AvgIpc) is 3.16. The van der Waals surface area contributed by atoms with Gasteiger partial charge in [-0.1, -0.05) is 32.9 Å². The third-order valence-corrected chi connectivity index (χ3v) is 5.26. The number of fused-ring (bicyclic) bond motifs is 1. The summed E-state index contributed by atoms with van der Waals surface area (Å²) >= 11 is 1.60. The SMILES string of the molecule is CC(C)(C)[C@H](NCN1C(=O)c2cccc([N+](=O)[O-])c2C1=O)c1cccs1. The lowest BCUT2D eigenvalue weighted by Gasteiger charge is -2.32. The van der Waals surface area contributed by atoms with Gasteiger partial charge in [-0.25, -0.2) is 0 Å². The van der Waals surface area contributed by atoms with Crippen LogP contribution in [0.3, 0.4) is 0 Å². The van der Waals surface area contributed by atoms with E-state index in [1.54, 1.807) is 11.3 Å². The van der Waals surface area contributed by atoms with Crippen molar-refractivity contribution in [1.29, 1.82) is 0 Å². The fraction of sp³-hybridized carbons (Fsp3) is 0.333. The summed E-state index contributed by atoms with van der Waals surface area (Å²) in [4.78, 5) is 37.9. The summed E-state index contributed by atoms with van der Waals surface area (Å²) in [6.07, 6.45) is 0. The van der Waals surface area contributed by atoms with E-state index in [0.29, 0.717) is 0 Å². The van der Waals surface area contributed by atoms with Gasteiger partial charge < -0.3 is 0 Å². The van der Waals surface area contributed by atoms with Crippen LogP contribution < -0.4 is 5.32 Å². The van der Waals surface area contributed by atoms with Crippen molar-refractivity contribution in [3.63, 3.8) is 0 Å². The Balaban J connectivity index is 1.85. The molecule has 0 fully saturated rings. The number of carbonyl (C=O) groups excluding carboxylic acids is 2. The number of carbonyl (C=O) groups is 2. The first-order valence-electron chi connectivity index (χ1n) is 8.12. The molecule has 2 heterocycles. The molecule has 8 heteroatoms. The number of imide groups is 1. The van der Waals surface area contributed by atoms with Gasteiger partial charge in [0.1, 0.15) is 5.56 Å². The zero-order valence-corrected chi connectivity index (χ0v) is 15.5. The van der Waals surface area contributed by atoms with E-state index in [4.69, 9.17) is 0 Å². The van der Waals surface area contributed by atoms with Gasteiger partial charge in [-0.15, -0.1) is 11.3 Å². The fourth-order valence-corrected chi connectivity index (χ4v) is 4.13. The van der Waals surface area contributed by atoms with Gasteiger partial charge in [-0.3, -0.25) is 29.9 Å². The second-order valence-corrected chi connectivity index (χ2v) is 8.15. The lowest BCUT2D eigenvalue weighted by molar-refractivity contribution is -0.385. The van der Waals surface area contributed by atoms with Crippen LogP contribution in [0.5, 0.6) is 0 Å². The highest BCUT2D eigenvalue weighted by molar-refractivity contribution is 7.10. The molecule has 0 bridgehead atoms. The van der Waals surface area contributed by atoms with Crippen molar-refractivity contribution in [2.75, 3.05) is 6.67 Å². The molecule has 0 saturated heterocycles. The first kappa shape index (κ1) is 18.2. The Kier molecular flexibility index (Phi) is 4.64. The van der Waals surface area contributed by atoms with Crippen molar-refractivity contribution in [3.05, 3.63) is 61.8 Å². The van der Waals surface area contributed by atoms with Gasteiger partial charge in [0.2, 0.25) is 0 Å². The Hall–Kier alpha value is -2.58. The average molecular weight is 373 g/mol. The van der Waals surface area contributed by atoms with Gasteiger partial charge >= 0.3 is 0 Å². The van der Waals surface area contributed by atoms with Gasteiger partial charge in [-0.05, 0) is 22.9 Å². The van der Waals surface area contributed by atoms with Crippen molar-refractivity contribution in [2.45, 2.75) is 26.8 Å². The molecule has 1 N–H and O–H groups in total. The second-order valence-electron chi connectivity index (χ2n) is 7.17. The predicted octanol–water partition coefficient (Wildman–Crippen LogP) is 3.59. The van der Waals surface area contributed by atoms with E-state index in [-0.39, 0.29) is 34.9 Å². The van der Waals surface area contributed by atoms with E-state index in [2.05, 4.69) is 26.1 Å². The van der Waals surface area contributed by atoms with Gasteiger partial charge in [0, 0.05) is 17.0 Å². The molecule has 3 rings (SSSR count). The molecule has 0 aliphatic carbocycles. The quantitative estimate of drug-likeness (QED) is 0.491. The maximum Gasteiger partial charge on any atom is 0.282 e. The number of benzene rings is 1. The Labute approximate surface area is 154 Å². The summed E-state index contributed by atoms with van der Waals surface area (Å²) in [5.74, 6) is -1.15. The number of nitrogens with zero attached hydrogens (tertiary/aromatic N) is 2. The fourth-order valence-electron chi connectivity index (χ4n) is 3.08. The molecule has 26 heavy (non-hydrogen) atoms. The second kappa shape index (κ2) is 6.62. The van der Waals surface area contributed by atoms with Gasteiger partial charge in [0.25, 0.3) is 17.5 Å². The van der Waals surface area contributed by atoms with Crippen LogP contribution in [0.2, 0.25) is 0 Å². The van der Waals surface area contributed by atoms with Crippen molar-refractivity contribution >= 4 is 28.8 Å². The van der Waals surface area contributed by atoms with Crippen LogP contribution in [-0.2, 0) is 0 Å². The number of hydrogen-bond acceptors (Lipinski definition) is 6. The molecular formula is C18H19N3O4S. The number of amides is 2. The molecule has 1 aliphatic heterocycles. The van der Waals surface area contributed by atoms with Gasteiger partial charge in [-0.2, -0.15) is 0 Å². The van der Waals surface area contributed by atoms with Crippen LogP contribution in [0, 0.1) is 15.5 Å². The summed E-state index contributed by atoms with van der Waals surface area (Å²) in [6.45, 7) is 6.19. The number of hydrogen-bond donors (Lipinski definition) is 1. The molecule has 1 aromatic carbocycles. The van der Waals surface area contributed by atoms with Crippen LogP contribution in [0.1, 0.15) is 52.4 Å². The molecule has 1 atom stereocenters. The smallest absolute Gasteiger partial charge is 0.282 e. The lowest BCUT2D eigenvalue weighted by Crippen LogP contribution is -2.42. The summed E-state index contributed by atoms with van der Waals surface area (Å²) in [6, 6.07) is 7.99. The molecule has 1 aromatic heterocycles. The van der Waals surface area contributed by atoms with Crippen LogP contribution in [0.25, 0.3) is 0 Å². The molecule has 2 amide bonds. The van der Waals surface area contributed by atoms with Crippen molar-refractivity contribution in [1.82, 2.24) is 10.2 Å². The molecule has 136 valence electrons. The Bertz CT molecular complexity index is 871. The lowest BCUT2D eigenvalue weighted by atomic mass is 9.86. The molecular weight excluding hydrogens is 354 g/mol. The largest absolute Gasteiger partial charge is 0.291 e. The summed E-state index contributed by atoms with van der Waals surface area (Å²) in [5.41, 5.74) is -0.536. The van der Waals surface area contributed by atoms with E-state index >= 15 is 0 Å². The number of nitro groups is 1. The highest BCUT2D eigenvalue weighted by atomic mass is 32.1. The Morgan fingerprint density at radius 3 is 2.50 bits per heavy atom. The van der Waals surface area contributed by atoms with Crippen LogP contribution in [0.15, 0.2) is 35.7 Å². The first-order chi connectivity index (χ1) is 12.2. The van der Waals surface area contributed by atoms with Crippen LogP contribution in [-0.4, -0.2) is 28.3 Å². The van der Waals surface area contributed by atoms with Gasteiger partial charge in [0.15, 0.2) is 0 Å². The minimum Gasteiger partial charge on any atom is -0.291 e. The number of nitro benzene ring substituents is 1.